The molecule has 0 aliphatic heterocycles. The van der Waals surface area contributed by atoms with E-state index in [4.69, 9.17) is 26.2 Å². The maximum atomic E-state index is 10.7. The fraction of sp³-hybridized carbons (Fsp3) is 0.423. The molecule has 0 N–H and O–H groups in total. The Kier molecular flexibility index (Phi) is 11.5. The van der Waals surface area contributed by atoms with E-state index >= 15 is 0 Å². The third-order valence-corrected chi connectivity index (χ3v) is 9.16. The van der Waals surface area contributed by atoms with Crippen molar-refractivity contribution in [2.45, 2.75) is 53.6 Å². The van der Waals surface area contributed by atoms with Gasteiger partial charge >= 0.3 is 14.3 Å². The monoisotopic (exact) mass is 588 g/mol. The second-order valence-electron chi connectivity index (χ2n) is 8.69. The molecule has 0 radical (unpaired) electrons. The molecule has 0 atom stereocenters. The molecular formula is C26H35F3N2O6SSi. The van der Waals surface area contributed by atoms with Crippen LogP contribution in [0.1, 0.15) is 43.0 Å². The number of rotatable bonds is 10. The van der Waals surface area contributed by atoms with Crippen LogP contribution in [-0.2, 0) is 29.9 Å². The Bertz CT molecular complexity index is 1290. The lowest BCUT2D eigenvalue weighted by Gasteiger charge is -2.28. The molecule has 39 heavy (non-hydrogen) atoms. The van der Waals surface area contributed by atoms with Crippen molar-refractivity contribution < 1.29 is 44.0 Å². The molecule has 0 aliphatic carbocycles. The van der Waals surface area contributed by atoms with Crippen LogP contribution >= 0.6 is 0 Å². The smallest absolute Gasteiger partial charge is 0.537 e. The SMILES string of the molecule is CCO[Si](OCC)(OCC)c1ccc(C[n+]2ccn(-c3c(C)cc(C)cc3C)c2)cc1.O=S(=O)([O-])C(F)(F)F. The van der Waals surface area contributed by atoms with Crippen molar-refractivity contribution in [2.75, 3.05) is 19.8 Å². The number of hydrogen-bond acceptors (Lipinski definition) is 6. The van der Waals surface area contributed by atoms with Crippen molar-refractivity contribution in [1.29, 1.82) is 0 Å². The highest BCUT2D eigenvalue weighted by Crippen LogP contribution is 2.21. The summed E-state index contributed by atoms with van der Waals surface area (Å²) in [6.07, 6.45) is 6.39. The van der Waals surface area contributed by atoms with Gasteiger partial charge in [0.15, 0.2) is 10.1 Å². The van der Waals surface area contributed by atoms with Gasteiger partial charge < -0.3 is 17.8 Å². The van der Waals surface area contributed by atoms with Gasteiger partial charge in [0.2, 0.25) is 6.33 Å². The molecule has 0 fully saturated rings. The normalized spacial score (nSPS) is 12.3. The highest BCUT2D eigenvalue weighted by Gasteiger charge is 2.43. The number of aromatic nitrogens is 2. The molecule has 216 valence electrons. The third-order valence-electron chi connectivity index (χ3n) is 5.54. The van der Waals surface area contributed by atoms with Gasteiger partial charge in [0.1, 0.15) is 24.6 Å². The van der Waals surface area contributed by atoms with Crippen molar-refractivity contribution >= 4 is 24.1 Å². The number of nitrogens with zero attached hydrogens (tertiary/aromatic N) is 2. The van der Waals surface area contributed by atoms with Crippen molar-refractivity contribution in [3.8, 4) is 5.69 Å². The fourth-order valence-electron chi connectivity index (χ4n) is 4.17. The van der Waals surface area contributed by atoms with E-state index in [2.05, 4.69) is 85.0 Å². The predicted molar refractivity (Wildman–Crippen MR) is 142 cm³/mol. The van der Waals surface area contributed by atoms with Crippen molar-refractivity contribution in [2.24, 2.45) is 0 Å². The Labute approximate surface area is 229 Å². The van der Waals surface area contributed by atoms with Crippen LogP contribution in [0.5, 0.6) is 0 Å². The van der Waals surface area contributed by atoms with Gasteiger partial charge in [-0.1, -0.05) is 42.0 Å². The van der Waals surface area contributed by atoms with Crippen LogP contribution in [0, 0.1) is 20.8 Å². The number of benzene rings is 2. The van der Waals surface area contributed by atoms with Gasteiger partial charge in [-0.05, 0) is 58.2 Å². The molecule has 1 aromatic heterocycles. The Morgan fingerprint density at radius 1 is 0.923 bits per heavy atom. The van der Waals surface area contributed by atoms with E-state index in [1.54, 1.807) is 0 Å². The molecule has 1 heterocycles. The zero-order valence-electron chi connectivity index (χ0n) is 22.9. The van der Waals surface area contributed by atoms with Gasteiger partial charge in [-0.2, -0.15) is 13.2 Å². The number of hydrogen-bond donors (Lipinski definition) is 0. The molecule has 0 saturated heterocycles. The summed E-state index contributed by atoms with van der Waals surface area (Å²) < 4.78 is 81.4. The Balaban J connectivity index is 0.000000580. The summed E-state index contributed by atoms with van der Waals surface area (Å²) in [6.45, 7) is 14.9. The van der Waals surface area contributed by atoms with Crippen LogP contribution in [0.15, 0.2) is 55.1 Å². The average Bonchev–Trinajstić information content (AvgIpc) is 3.26. The number of alkyl halides is 3. The molecule has 2 aromatic carbocycles. The number of aryl methyl sites for hydroxylation is 3. The summed E-state index contributed by atoms with van der Waals surface area (Å²) in [5.74, 6) is 0. The lowest BCUT2D eigenvalue weighted by Crippen LogP contribution is -2.56. The van der Waals surface area contributed by atoms with Gasteiger partial charge in [0, 0.05) is 25.0 Å². The molecule has 0 amide bonds. The summed E-state index contributed by atoms with van der Waals surface area (Å²) in [6, 6.07) is 12.9. The summed E-state index contributed by atoms with van der Waals surface area (Å²) in [4.78, 5) is 0. The van der Waals surface area contributed by atoms with E-state index < -0.39 is 24.4 Å². The number of halogens is 3. The van der Waals surface area contributed by atoms with Crippen molar-refractivity contribution in [3.05, 3.63) is 77.4 Å². The second kappa shape index (κ2) is 13.7. The first kappa shape index (κ1) is 32.7. The molecule has 0 spiro atoms. The first-order valence-electron chi connectivity index (χ1n) is 12.4. The summed E-state index contributed by atoms with van der Waals surface area (Å²) in [5, 5.41) is 1.01. The van der Waals surface area contributed by atoms with Gasteiger partial charge in [-0.3, -0.25) is 0 Å². The predicted octanol–water partition coefficient (Wildman–Crippen LogP) is 4.05. The summed E-state index contributed by atoms with van der Waals surface area (Å²) in [5.41, 5.74) is 0.691. The molecule has 0 unspecified atom stereocenters. The largest absolute Gasteiger partial charge is 0.741 e. The minimum absolute atomic E-state index is 0.565. The second-order valence-corrected chi connectivity index (χ2v) is 12.6. The van der Waals surface area contributed by atoms with Gasteiger partial charge in [0.25, 0.3) is 0 Å². The Morgan fingerprint density at radius 2 is 1.38 bits per heavy atom. The third kappa shape index (κ3) is 8.72. The van der Waals surface area contributed by atoms with E-state index in [1.807, 2.05) is 20.8 Å². The zero-order chi connectivity index (χ0) is 29.4. The van der Waals surface area contributed by atoms with Gasteiger partial charge in [-0.25, -0.2) is 17.6 Å². The van der Waals surface area contributed by atoms with Crippen LogP contribution < -0.4 is 9.75 Å². The molecule has 0 bridgehead atoms. The minimum Gasteiger partial charge on any atom is -0.741 e. The lowest BCUT2D eigenvalue weighted by molar-refractivity contribution is -0.687. The quantitative estimate of drug-likeness (QED) is 0.154. The fourth-order valence-corrected chi connectivity index (χ4v) is 6.63. The van der Waals surface area contributed by atoms with E-state index in [0.717, 1.165) is 11.7 Å². The van der Waals surface area contributed by atoms with E-state index in [0.29, 0.717) is 19.8 Å². The molecule has 0 aliphatic rings. The molecule has 13 heteroatoms. The van der Waals surface area contributed by atoms with E-state index in [9.17, 15) is 13.2 Å². The van der Waals surface area contributed by atoms with E-state index in [1.165, 1.54) is 27.9 Å². The number of imidazole rings is 1. The molecule has 0 saturated carbocycles. The zero-order valence-corrected chi connectivity index (χ0v) is 24.7. The summed E-state index contributed by atoms with van der Waals surface area (Å²) in [7, 11) is -8.95. The van der Waals surface area contributed by atoms with Gasteiger partial charge in [-0.15, -0.1) is 0 Å². The Hall–Kier alpha value is -2.55. The maximum absolute atomic E-state index is 10.7. The van der Waals surface area contributed by atoms with Crippen LogP contribution in [0.2, 0.25) is 0 Å². The first-order valence-corrected chi connectivity index (χ1v) is 15.5. The first-order chi connectivity index (χ1) is 18.2. The average molecular weight is 589 g/mol. The Morgan fingerprint density at radius 3 is 1.79 bits per heavy atom. The molecule has 3 rings (SSSR count). The maximum Gasteiger partial charge on any atom is 0.537 e. The van der Waals surface area contributed by atoms with E-state index in [-0.39, 0.29) is 0 Å². The molecule has 3 aromatic rings. The lowest BCUT2D eigenvalue weighted by atomic mass is 10.1. The highest BCUT2D eigenvalue weighted by molar-refractivity contribution is 7.86. The standard InChI is InChI=1S/C25H35N2O3Si.CHF3O3S/c1-7-28-31(29-8-2,30-9-3)24-12-10-23(11-13-24)18-26-14-15-27(19-26)25-21(5)16-20(4)17-22(25)6;2-1(3,4)8(5,6)7/h10-17,19H,7-9,18H2,1-6H3;(H,5,6,7)/q+1;/p-1. The van der Waals surface area contributed by atoms with Crippen molar-refractivity contribution in [1.82, 2.24) is 4.57 Å². The van der Waals surface area contributed by atoms with Crippen LogP contribution in [-0.4, -0.2) is 51.7 Å². The summed E-state index contributed by atoms with van der Waals surface area (Å²) >= 11 is 0. The van der Waals surface area contributed by atoms with Crippen LogP contribution in [0.25, 0.3) is 5.69 Å². The van der Waals surface area contributed by atoms with Crippen LogP contribution in [0.3, 0.4) is 0 Å². The molecular weight excluding hydrogens is 553 g/mol. The highest BCUT2D eigenvalue weighted by atomic mass is 32.2. The van der Waals surface area contributed by atoms with Crippen molar-refractivity contribution in [3.63, 3.8) is 0 Å². The van der Waals surface area contributed by atoms with Crippen LogP contribution in [0.4, 0.5) is 13.2 Å². The topological polar surface area (TPSA) is 93.7 Å². The minimum atomic E-state index is -6.09. The molecule has 8 nitrogen and oxygen atoms in total. The van der Waals surface area contributed by atoms with Gasteiger partial charge in [0.05, 0.1) is 0 Å².